The van der Waals surface area contributed by atoms with E-state index in [1.807, 2.05) is 38.1 Å². The molecule has 30 heavy (non-hydrogen) atoms. The molecule has 0 saturated carbocycles. The van der Waals surface area contributed by atoms with Crippen molar-refractivity contribution in [3.05, 3.63) is 70.8 Å². The van der Waals surface area contributed by atoms with Crippen molar-refractivity contribution in [3.8, 4) is 0 Å². The SMILES string of the molecule is CC(=O)OC1C[C@H](OC(=O)c2ccc(C)cc2)[C@@H](COC(=O)c2ccc(C)cc2)O1. The molecule has 3 rings (SSSR count). The van der Waals surface area contributed by atoms with Crippen LogP contribution in [0.1, 0.15) is 45.2 Å². The second kappa shape index (κ2) is 9.54. The summed E-state index contributed by atoms with van der Waals surface area (Å²) < 4.78 is 21.6. The Balaban J connectivity index is 1.65. The Hall–Kier alpha value is -3.19. The summed E-state index contributed by atoms with van der Waals surface area (Å²) in [5.74, 6) is -1.55. The third-order valence-corrected chi connectivity index (χ3v) is 4.68. The third kappa shape index (κ3) is 5.67. The first kappa shape index (κ1) is 21.5. The zero-order chi connectivity index (χ0) is 21.7. The maximum absolute atomic E-state index is 12.5. The fraction of sp³-hybridized carbons (Fsp3) is 0.348. The van der Waals surface area contributed by atoms with Gasteiger partial charge in [-0.1, -0.05) is 35.4 Å². The molecular formula is C23H24O7. The Morgan fingerprint density at radius 1 is 0.867 bits per heavy atom. The fourth-order valence-electron chi connectivity index (χ4n) is 3.04. The van der Waals surface area contributed by atoms with E-state index in [1.165, 1.54) is 6.92 Å². The molecule has 0 aromatic heterocycles. The van der Waals surface area contributed by atoms with Crippen LogP contribution in [0.15, 0.2) is 48.5 Å². The van der Waals surface area contributed by atoms with E-state index < -0.39 is 36.4 Å². The molecule has 1 heterocycles. The van der Waals surface area contributed by atoms with Gasteiger partial charge in [0.25, 0.3) is 0 Å². The number of carbonyl (C=O) groups is 3. The second-order valence-corrected chi connectivity index (χ2v) is 7.22. The van der Waals surface area contributed by atoms with Crippen molar-refractivity contribution in [1.82, 2.24) is 0 Å². The Morgan fingerprint density at radius 2 is 1.40 bits per heavy atom. The van der Waals surface area contributed by atoms with Crippen molar-refractivity contribution >= 4 is 17.9 Å². The van der Waals surface area contributed by atoms with Crippen molar-refractivity contribution in [2.45, 2.75) is 45.7 Å². The molecule has 0 spiro atoms. The molecule has 3 atom stereocenters. The van der Waals surface area contributed by atoms with Crippen LogP contribution >= 0.6 is 0 Å². The Labute approximate surface area is 174 Å². The predicted octanol–water partition coefficient (Wildman–Crippen LogP) is 3.36. The van der Waals surface area contributed by atoms with Gasteiger partial charge in [0.2, 0.25) is 6.29 Å². The van der Waals surface area contributed by atoms with Crippen LogP contribution in [0.4, 0.5) is 0 Å². The highest BCUT2D eigenvalue weighted by Crippen LogP contribution is 2.26. The summed E-state index contributed by atoms with van der Waals surface area (Å²) in [5, 5.41) is 0. The van der Waals surface area contributed by atoms with Gasteiger partial charge in [-0.2, -0.15) is 0 Å². The largest absolute Gasteiger partial charge is 0.459 e. The fourth-order valence-corrected chi connectivity index (χ4v) is 3.04. The minimum Gasteiger partial charge on any atom is -0.459 e. The normalized spacial score (nSPS) is 20.4. The highest BCUT2D eigenvalue weighted by molar-refractivity contribution is 5.90. The van der Waals surface area contributed by atoms with Gasteiger partial charge in [0.1, 0.15) is 18.8 Å². The molecule has 0 bridgehead atoms. The van der Waals surface area contributed by atoms with E-state index in [0.29, 0.717) is 11.1 Å². The Morgan fingerprint density at radius 3 is 1.93 bits per heavy atom. The Kier molecular flexibility index (Phi) is 6.84. The number of hydrogen-bond acceptors (Lipinski definition) is 7. The van der Waals surface area contributed by atoms with Gasteiger partial charge in [0.15, 0.2) is 0 Å². The van der Waals surface area contributed by atoms with E-state index in [9.17, 15) is 14.4 Å². The van der Waals surface area contributed by atoms with Crippen molar-refractivity contribution in [1.29, 1.82) is 0 Å². The number of ether oxygens (including phenoxy) is 4. The standard InChI is InChI=1S/C23H24O7/c1-14-4-8-17(9-5-14)22(25)27-13-20-19(12-21(29-20)28-16(3)24)30-23(26)18-10-6-15(2)7-11-18/h4-11,19-21H,12-13H2,1-3H3/t19-,20+,21?/m0/s1. The Bertz CT molecular complexity index is 902. The number of rotatable bonds is 6. The topological polar surface area (TPSA) is 88.1 Å². The van der Waals surface area contributed by atoms with Crippen LogP contribution in [0.25, 0.3) is 0 Å². The second-order valence-electron chi connectivity index (χ2n) is 7.22. The highest BCUT2D eigenvalue weighted by atomic mass is 16.7. The number of benzene rings is 2. The van der Waals surface area contributed by atoms with E-state index in [2.05, 4.69) is 0 Å². The van der Waals surface area contributed by atoms with Crippen LogP contribution in [0.5, 0.6) is 0 Å². The zero-order valence-corrected chi connectivity index (χ0v) is 17.1. The summed E-state index contributed by atoms with van der Waals surface area (Å²) in [7, 11) is 0. The van der Waals surface area contributed by atoms with Crippen LogP contribution in [-0.2, 0) is 23.7 Å². The summed E-state index contributed by atoms with van der Waals surface area (Å²) in [4.78, 5) is 36.0. The zero-order valence-electron chi connectivity index (χ0n) is 17.1. The van der Waals surface area contributed by atoms with Gasteiger partial charge in [0.05, 0.1) is 17.5 Å². The van der Waals surface area contributed by atoms with Gasteiger partial charge in [-0.05, 0) is 38.1 Å². The van der Waals surface area contributed by atoms with E-state index in [4.69, 9.17) is 18.9 Å². The average molecular weight is 412 g/mol. The van der Waals surface area contributed by atoms with E-state index in [1.54, 1.807) is 24.3 Å². The van der Waals surface area contributed by atoms with Gasteiger partial charge in [-0.25, -0.2) is 9.59 Å². The van der Waals surface area contributed by atoms with Crippen LogP contribution in [0.2, 0.25) is 0 Å². The lowest BCUT2D eigenvalue weighted by molar-refractivity contribution is -0.175. The lowest BCUT2D eigenvalue weighted by Gasteiger charge is -2.18. The lowest BCUT2D eigenvalue weighted by atomic mass is 10.1. The first-order valence-electron chi connectivity index (χ1n) is 9.66. The minimum absolute atomic E-state index is 0.143. The van der Waals surface area contributed by atoms with Crippen LogP contribution in [0.3, 0.4) is 0 Å². The van der Waals surface area contributed by atoms with Crippen molar-refractivity contribution in [2.24, 2.45) is 0 Å². The quantitative estimate of drug-likeness (QED) is 0.531. The summed E-state index contributed by atoms with van der Waals surface area (Å²) >= 11 is 0. The molecular weight excluding hydrogens is 388 g/mol. The van der Waals surface area contributed by atoms with Gasteiger partial charge < -0.3 is 18.9 Å². The highest BCUT2D eigenvalue weighted by Gasteiger charge is 2.40. The molecule has 0 radical (unpaired) electrons. The van der Waals surface area contributed by atoms with Crippen LogP contribution in [-0.4, -0.2) is 43.0 Å². The maximum Gasteiger partial charge on any atom is 0.338 e. The van der Waals surface area contributed by atoms with E-state index in [-0.39, 0.29) is 13.0 Å². The van der Waals surface area contributed by atoms with Crippen LogP contribution in [0, 0.1) is 13.8 Å². The number of carbonyl (C=O) groups excluding carboxylic acids is 3. The summed E-state index contributed by atoms with van der Waals surface area (Å²) in [5.41, 5.74) is 2.85. The average Bonchev–Trinajstić information content (AvgIpc) is 3.07. The number of hydrogen-bond donors (Lipinski definition) is 0. The predicted molar refractivity (Wildman–Crippen MR) is 107 cm³/mol. The van der Waals surface area contributed by atoms with E-state index in [0.717, 1.165) is 11.1 Å². The van der Waals surface area contributed by atoms with Gasteiger partial charge in [-0.3, -0.25) is 4.79 Å². The minimum atomic E-state index is -0.874. The smallest absolute Gasteiger partial charge is 0.338 e. The molecule has 0 N–H and O–H groups in total. The number of esters is 3. The first-order chi connectivity index (χ1) is 14.3. The first-order valence-corrected chi connectivity index (χ1v) is 9.66. The van der Waals surface area contributed by atoms with E-state index >= 15 is 0 Å². The van der Waals surface area contributed by atoms with Gasteiger partial charge in [0, 0.05) is 6.92 Å². The molecule has 2 aromatic rings. The molecule has 2 aromatic carbocycles. The van der Waals surface area contributed by atoms with Crippen molar-refractivity contribution in [3.63, 3.8) is 0 Å². The molecule has 1 unspecified atom stereocenters. The maximum atomic E-state index is 12.5. The summed E-state index contributed by atoms with van der Waals surface area (Å²) in [6, 6.07) is 13.9. The molecule has 7 nitrogen and oxygen atoms in total. The molecule has 1 aliphatic rings. The van der Waals surface area contributed by atoms with Gasteiger partial charge in [-0.15, -0.1) is 0 Å². The molecule has 7 heteroatoms. The molecule has 1 fully saturated rings. The van der Waals surface area contributed by atoms with Crippen LogP contribution < -0.4 is 0 Å². The number of aryl methyl sites for hydroxylation is 2. The van der Waals surface area contributed by atoms with Crippen molar-refractivity contribution in [2.75, 3.05) is 6.61 Å². The molecule has 1 saturated heterocycles. The molecule has 0 amide bonds. The molecule has 1 aliphatic heterocycles. The summed E-state index contributed by atoms with van der Waals surface area (Å²) in [6.45, 7) is 4.96. The van der Waals surface area contributed by atoms with Crippen molar-refractivity contribution < 1.29 is 33.3 Å². The summed E-state index contributed by atoms with van der Waals surface area (Å²) in [6.07, 6.45) is -2.20. The monoisotopic (exact) mass is 412 g/mol. The molecule has 0 aliphatic carbocycles. The lowest BCUT2D eigenvalue weighted by Crippen LogP contribution is -2.32. The van der Waals surface area contributed by atoms with Gasteiger partial charge >= 0.3 is 17.9 Å². The molecule has 158 valence electrons. The third-order valence-electron chi connectivity index (χ3n) is 4.68.